The third kappa shape index (κ3) is 2.51. The molecule has 12 heavy (non-hydrogen) atoms. The summed E-state index contributed by atoms with van der Waals surface area (Å²) in [6.45, 7) is 5.40. The normalized spacial score (nSPS) is 12.1. The predicted octanol–water partition coefficient (Wildman–Crippen LogP) is 2.21. The first-order valence-electron chi connectivity index (χ1n) is 3.59. The average Bonchev–Trinajstić information content (AvgIpc) is 2.04. The van der Waals surface area contributed by atoms with E-state index in [4.69, 9.17) is 0 Å². The van der Waals surface area contributed by atoms with Gasteiger partial charge in [-0.05, 0) is 24.6 Å². The molecule has 0 saturated heterocycles. The van der Waals surface area contributed by atoms with Gasteiger partial charge in [-0.2, -0.15) is 0 Å². The van der Waals surface area contributed by atoms with Crippen molar-refractivity contribution >= 4 is 16.7 Å². The SMILES string of the molecule is C=CS(=O)Nc1cccc(C)c1. The van der Waals surface area contributed by atoms with Crippen LogP contribution in [-0.4, -0.2) is 4.21 Å². The molecular formula is C9H11NOS. The Morgan fingerprint density at radius 1 is 1.58 bits per heavy atom. The van der Waals surface area contributed by atoms with Gasteiger partial charge in [0.1, 0.15) is 11.0 Å². The van der Waals surface area contributed by atoms with Gasteiger partial charge in [-0.1, -0.05) is 18.7 Å². The first-order chi connectivity index (χ1) is 5.72. The first-order valence-corrected chi connectivity index (χ1v) is 4.80. The molecule has 0 spiro atoms. The second-order valence-electron chi connectivity index (χ2n) is 2.44. The Hall–Kier alpha value is -1.09. The summed E-state index contributed by atoms with van der Waals surface area (Å²) >= 11 is 0. The van der Waals surface area contributed by atoms with Crippen LogP contribution < -0.4 is 4.72 Å². The molecule has 0 aliphatic carbocycles. The molecule has 1 N–H and O–H groups in total. The highest BCUT2D eigenvalue weighted by Gasteiger charge is 1.93. The quantitative estimate of drug-likeness (QED) is 0.761. The van der Waals surface area contributed by atoms with E-state index in [1.54, 1.807) is 0 Å². The van der Waals surface area contributed by atoms with Crippen LogP contribution in [-0.2, 0) is 11.0 Å². The number of hydrogen-bond donors (Lipinski definition) is 1. The fourth-order valence-electron chi connectivity index (χ4n) is 0.866. The van der Waals surface area contributed by atoms with Gasteiger partial charge in [0.05, 0.1) is 0 Å². The van der Waals surface area contributed by atoms with Gasteiger partial charge in [0, 0.05) is 11.1 Å². The summed E-state index contributed by atoms with van der Waals surface area (Å²) in [6, 6.07) is 7.70. The minimum Gasteiger partial charge on any atom is -0.302 e. The highest BCUT2D eigenvalue weighted by atomic mass is 32.2. The molecule has 1 atom stereocenters. The predicted molar refractivity (Wildman–Crippen MR) is 53.1 cm³/mol. The molecule has 2 nitrogen and oxygen atoms in total. The lowest BCUT2D eigenvalue weighted by Crippen LogP contribution is -1.99. The zero-order valence-electron chi connectivity index (χ0n) is 6.91. The van der Waals surface area contributed by atoms with Crippen LogP contribution in [0.1, 0.15) is 5.56 Å². The van der Waals surface area contributed by atoms with Crippen molar-refractivity contribution in [2.75, 3.05) is 4.72 Å². The van der Waals surface area contributed by atoms with E-state index in [1.807, 2.05) is 31.2 Å². The fourth-order valence-corrected chi connectivity index (χ4v) is 1.31. The Morgan fingerprint density at radius 3 is 2.92 bits per heavy atom. The summed E-state index contributed by atoms with van der Waals surface area (Å²) < 4.78 is 13.8. The van der Waals surface area contributed by atoms with Crippen LogP contribution in [0.15, 0.2) is 36.3 Å². The van der Waals surface area contributed by atoms with Crippen molar-refractivity contribution in [3.8, 4) is 0 Å². The fraction of sp³-hybridized carbons (Fsp3) is 0.111. The van der Waals surface area contributed by atoms with Crippen LogP contribution in [0.5, 0.6) is 0 Å². The Morgan fingerprint density at radius 2 is 2.33 bits per heavy atom. The van der Waals surface area contributed by atoms with Crippen molar-refractivity contribution in [1.29, 1.82) is 0 Å². The molecule has 0 heterocycles. The van der Waals surface area contributed by atoms with Crippen molar-refractivity contribution in [3.05, 3.63) is 41.8 Å². The maximum Gasteiger partial charge on any atom is 0.142 e. The lowest BCUT2D eigenvalue weighted by atomic mass is 10.2. The molecule has 1 unspecified atom stereocenters. The van der Waals surface area contributed by atoms with Crippen LogP contribution in [0.25, 0.3) is 0 Å². The van der Waals surface area contributed by atoms with E-state index in [2.05, 4.69) is 11.3 Å². The molecule has 0 amide bonds. The Kier molecular flexibility index (Phi) is 3.05. The molecule has 0 aromatic heterocycles. The van der Waals surface area contributed by atoms with Gasteiger partial charge >= 0.3 is 0 Å². The molecule has 0 radical (unpaired) electrons. The van der Waals surface area contributed by atoms with Crippen LogP contribution in [0.2, 0.25) is 0 Å². The minimum atomic E-state index is -1.17. The minimum absolute atomic E-state index is 0.855. The molecule has 3 heteroatoms. The van der Waals surface area contributed by atoms with Crippen molar-refractivity contribution in [3.63, 3.8) is 0 Å². The monoisotopic (exact) mass is 181 g/mol. The third-order valence-corrected chi connectivity index (χ3v) is 2.13. The number of anilines is 1. The average molecular weight is 181 g/mol. The Labute approximate surface area is 74.9 Å². The van der Waals surface area contributed by atoms with Crippen molar-refractivity contribution in [2.24, 2.45) is 0 Å². The maximum absolute atomic E-state index is 11.0. The molecule has 0 saturated carbocycles. The first kappa shape index (κ1) is 9.00. The second-order valence-corrected chi connectivity index (χ2v) is 3.57. The van der Waals surface area contributed by atoms with Crippen molar-refractivity contribution in [1.82, 2.24) is 0 Å². The van der Waals surface area contributed by atoms with E-state index in [1.165, 1.54) is 5.41 Å². The summed E-state index contributed by atoms with van der Waals surface area (Å²) in [4.78, 5) is 0. The molecule has 0 aliphatic heterocycles. The van der Waals surface area contributed by atoms with Gasteiger partial charge in [-0.15, -0.1) is 0 Å². The topological polar surface area (TPSA) is 29.1 Å². The number of rotatable bonds is 3. The number of hydrogen-bond acceptors (Lipinski definition) is 1. The van der Waals surface area contributed by atoms with Gasteiger partial charge in [0.25, 0.3) is 0 Å². The van der Waals surface area contributed by atoms with E-state index in [0.717, 1.165) is 11.3 Å². The van der Waals surface area contributed by atoms with E-state index in [0.29, 0.717) is 0 Å². The molecule has 1 aromatic rings. The summed E-state index contributed by atoms with van der Waals surface area (Å²) in [5, 5.41) is 1.36. The molecule has 0 aliphatic rings. The number of aryl methyl sites for hydroxylation is 1. The molecule has 0 fully saturated rings. The van der Waals surface area contributed by atoms with Crippen LogP contribution in [0, 0.1) is 6.92 Å². The summed E-state index contributed by atoms with van der Waals surface area (Å²) in [6.07, 6.45) is 0. The molecule has 0 bridgehead atoms. The van der Waals surface area contributed by atoms with Gasteiger partial charge in [-0.3, -0.25) is 0 Å². The summed E-state index contributed by atoms with van der Waals surface area (Å²) in [5.41, 5.74) is 1.99. The number of benzene rings is 1. The summed E-state index contributed by atoms with van der Waals surface area (Å²) in [5.74, 6) is 0. The second kappa shape index (κ2) is 4.07. The lowest BCUT2D eigenvalue weighted by molar-refractivity contribution is 0.691. The van der Waals surface area contributed by atoms with E-state index in [9.17, 15) is 4.21 Å². The van der Waals surface area contributed by atoms with E-state index in [-0.39, 0.29) is 0 Å². The van der Waals surface area contributed by atoms with E-state index >= 15 is 0 Å². The standard InChI is InChI=1S/C9H11NOS/c1-3-12(11)10-9-6-4-5-8(2)7-9/h3-7,10H,1H2,2H3. The van der Waals surface area contributed by atoms with Crippen LogP contribution >= 0.6 is 0 Å². The Balaban J connectivity index is 2.76. The largest absolute Gasteiger partial charge is 0.302 e. The zero-order chi connectivity index (χ0) is 8.97. The van der Waals surface area contributed by atoms with Crippen molar-refractivity contribution < 1.29 is 4.21 Å². The number of nitrogens with one attached hydrogen (secondary N) is 1. The van der Waals surface area contributed by atoms with Gasteiger partial charge in [0.2, 0.25) is 0 Å². The highest BCUT2D eigenvalue weighted by molar-refractivity contribution is 7.89. The maximum atomic E-state index is 11.0. The molecule has 64 valence electrons. The van der Waals surface area contributed by atoms with Crippen molar-refractivity contribution in [2.45, 2.75) is 6.92 Å². The van der Waals surface area contributed by atoms with Gasteiger partial charge < -0.3 is 4.72 Å². The summed E-state index contributed by atoms with van der Waals surface area (Å²) in [7, 11) is -1.17. The van der Waals surface area contributed by atoms with E-state index < -0.39 is 11.0 Å². The van der Waals surface area contributed by atoms with Gasteiger partial charge in [0.15, 0.2) is 0 Å². The molecule has 1 aromatic carbocycles. The highest BCUT2D eigenvalue weighted by Crippen LogP contribution is 2.09. The molecular weight excluding hydrogens is 170 g/mol. The van der Waals surface area contributed by atoms with Crippen LogP contribution in [0.3, 0.4) is 0 Å². The third-order valence-electron chi connectivity index (χ3n) is 1.39. The smallest absolute Gasteiger partial charge is 0.142 e. The van der Waals surface area contributed by atoms with Gasteiger partial charge in [-0.25, -0.2) is 4.21 Å². The molecule has 1 rings (SSSR count). The zero-order valence-corrected chi connectivity index (χ0v) is 7.73. The van der Waals surface area contributed by atoms with Crippen LogP contribution in [0.4, 0.5) is 5.69 Å². The lowest BCUT2D eigenvalue weighted by Gasteiger charge is -2.02. The Bertz CT molecular complexity index is 309.